The molecule has 146 valence electrons. The second kappa shape index (κ2) is 8.63. The van der Waals surface area contributed by atoms with E-state index in [1.807, 2.05) is 0 Å². The van der Waals surface area contributed by atoms with E-state index in [2.05, 4.69) is 5.32 Å². The van der Waals surface area contributed by atoms with E-state index in [1.165, 1.54) is 4.90 Å². The lowest BCUT2D eigenvalue weighted by Gasteiger charge is -2.19. The monoisotopic (exact) mass is 419 g/mol. The minimum atomic E-state index is -0.353. The first-order valence-electron chi connectivity index (χ1n) is 8.76. The minimum Gasteiger partial charge on any atom is -0.332 e. The summed E-state index contributed by atoms with van der Waals surface area (Å²) in [7, 11) is 1.55. The number of carbonyl (C=O) groups excluding carboxylic acids is 3. The Morgan fingerprint density at radius 1 is 1.11 bits per heavy atom. The molecule has 28 heavy (non-hydrogen) atoms. The van der Waals surface area contributed by atoms with E-state index in [9.17, 15) is 14.4 Å². The predicted octanol–water partition coefficient (Wildman–Crippen LogP) is 3.83. The molecule has 0 unspecified atom stereocenters. The van der Waals surface area contributed by atoms with Crippen LogP contribution in [0.4, 0.5) is 11.4 Å². The van der Waals surface area contributed by atoms with Gasteiger partial charge in [0.2, 0.25) is 11.8 Å². The van der Waals surface area contributed by atoms with Crippen molar-refractivity contribution in [2.45, 2.75) is 12.8 Å². The van der Waals surface area contributed by atoms with E-state index in [1.54, 1.807) is 54.4 Å². The predicted molar refractivity (Wildman–Crippen MR) is 110 cm³/mol. The normalized spacial score (nSPS) is 13.5. The van der Waals surface area contributed by atoms with Crippen LogP contribution in [0.25, 0.3) is 0 Å². The average Bonchev–Trinajstić information content (AvgIpc) is 3.10. The molecule has 1 aliphatic heterocycles. The molecule has 0 bridgehead atoms. The van der Waals surface area contributed by atoms with Gasteiger partial charge in [0.15, 0.2) is 0 Å². The molecule has 1 saturated heterocycles. The Kier molecular flexibility index (Phi) is 6.21. The van der Waals surface area contributed by atoms with Crippen molar-refractivity contribution >= 4 is 52.3 Å². The number of benzene rings is 2. The van der Waals surface area contributed by atoms with Crippen LogP contribution in [0.15, 0.2) is 42.5 Å². The Morgan fingerprint density at radius 2 is 1.82 bits per heavy atom. The summed E-state index contributed by atoms with van der Waals surface area (Å²) in [5.74, 6) is -0.549. The van der Waals surface area contributed by atoms with Crippen LogP contribution in [0, 0.1) is 0 Å². The molecule has 8 heteroatoms. The fourth-order valence-electron chi connectivity index (χ4n) is 2.99. The standard InChI is InChI=1S/C20H19Cl2N3O3/c1-24(12-18(26)23-14-6-9-16(21)17(22)11-14)20(28)13-4-7-15(8-5-13)25-10-2-3-19(25)27/h4-9,11H,2-3,10,12H2,1H3,(H,23,26). The zero-order chi connectivity index (χ0) is 20.3. The third kappa shape index (κ3) is 4.64. The first kappa shape index (κ1) is 20.2. The van der Waals surface area contributed by atoms with Crippen molar-refractivity contribution in [2.24, 2.45) is 0 Å². The lowest BCUT2D eigenvalue weighted by atomic mass is 10.1. The third-order valence-corrected chi connectivity index (χ3v) is 5.17. The minimum absolute atomic E-state index is 0.0927. The number of nitrogens with one attached hydrogen (secondary N) is 1. The van der Waals surface area contributed by atoms with Crippen LogP contribution in [0.3, 0.4) is 0 Å². The lowest BCUT2D eigenvalue weighted by molar-refractivity contribution is -0.117. The number of halogens is 2. The fourth-order valence-corrected chi connectivity index (χ4v) is 3.29. The Morgan fingerprint density at radius 3 is 2.43 bits per heavy atom. The first-order chi connectivity index (χ1) is 13.3. The summed E-state index contributed by atoms with van der Waals surface area (Å²) in [4.78, 5) is 39.6. The number of rotatable bonds is 5. The van der Waals surface area contributed by atoms with Crippen molar-refractivity contribution in [3.05, 3.63) is 58.1 Å². The van der Waals surface area contributed by atoms with Gasteiger partial charge >= 0.3 is 0 Å². The quantitative estimate of drug-likeness (QED) is 0.800. The van der Waals surface area contributed by atoms with Crippen molar-refractivity contribution in [3.8, 4) is 0 Å². The number of carbonyl (C=O) groups is 3. The first-order valence-corrected chi connectivity index (χ1v) is 9.51. The van der Waals surface area contributed by atoms with Crippen molar-refractivity contribution in [1.29, 1.82) is 0 Å². The van der Waals surface area contributed by atoms with Gasteiger partial charge in [0.25, 0.3) is 5.91 Å². The third-order valence-electron chi connectivity index (χ3n) is 4.43. The smallest absolute Gasteiger partial charge is 0.254 e. The maximum Gasteiger partial charge on any atom is 0.254 e. The molecule has 6 nitrogen and oxygen atoms in total. The maximum atomic E-state index is 12.6. The number of anilines is 2. The molecule has 3 amide bonds. The maximum absolute atomic E-state index is 12.6. The largest absolute Gasteiger partial charge is 0.332 e. The van der Waals surface area contributed by atoms with Gasteiger partial charge in [-0.05, 0) is 48.9 Å². The van der Waals surface area contributed by atoms with Gasteiger partial charge in [-0.1, -0.05) is 23.2 Å². The molecule has 3 rings (SSSR count). The summed E-state index contributed by atoms with van der Waals surface area (Å²) in [6.07, 6.45) is 1.40. The zero-order valence-electron chi connectivity index (χ0n) is 15.2. The number of hydrogen-bond donors (Lipinski definition) is 1. The molecule has 1 N–H and O–H groups in total. The van der Waals surface area contributed by atoms with Crippen LogP contribution in [0.1, 0.15) is 23.2 Å². The van der Waals surface area contributed by atoms with E-state index in [4.69, 9.17) is 23.2 Å². The Balaban J connectivity index is 1.59. The molecule has 1 fully saturated rings. The van der Waals surface area contributed by atoms with Crippen LogP contribution in [-0.4, -0.2) is 42.8 Å². The summed E-state index contributed by atoms with van der Waals surface area (Å²) >= 11 is 11.8. The molecule has 0 aromatic heterocycles. The molecule has 2 aromatic carbocycles. The molecule has 0 spiro atoms. The van der Waals surface area contributed by atoms with Crippen LogP contribution in [0.5, 0.6) is 0 Å². The Bertz CT molecular complexity index is 915. The number of likely N-dealkylation sites (N-methyl/N-ethyl adjacent to an activating group) is 1. The molecule has 0 atom stereocenters. The van der Waals surface area contributed by atoms with E-state index in [0.29, 0.717) is 34.3 Å². The van der Waals surface area contributed by atoms with Gasteiger partial charge in [0, 0.05) is 37.0 Å². The van der Waals surface area contributed by atoms with Gasteiger partial charge in [-0.15, -0.1) is 0 Å². The highest BCUT2D eigenvalue weighted by molar-refractivity contribution is 6.42. The summed E-state index contributed by atoms with van der Waals surface area (Å²) in [5.41, 5.74) is 1.72. The van der Waals surface area contributed by atoms with Crippen LogP contribution < -0.4 is 10.2 Å². The summed E-state index contributed by atoms with van der Waals surface area (Å²) in [5, 5.41) is 3.41. The van der Waals surface area contributed by atoms with Crippen LogP contribution >= 0.6 is 23.2 Å². The second-order valence-corrected chi connectivity index (χ2v) is 7.35. The molecule has 2 aromatic rings. The van der Waals surface area contributed by atoms with Gasteiger partial charge < -0.3 is 15.1 Å². The molecule has 0 saturated carbocycles. The Hall–Kier alpha value is -2.57. The molecule has 1 aliphatic rings. The topological polar surface area (TPSA) is 69.7 Å². The van der Waals surface area contributed by atoms with E-state index in [-0.39, 0.29) is 24.3 Å². The highest BCUT2D eigenvalue weighted by atomic mass is 35.5. The number of nitrogens with zero attached hydrogens (tertiary/aromatic N) is 2. The summed E-state index contributed by atoms with van der Waals surface area (Å²) < 4.78 is 0. The van der Waals surface area contributed by atoms with Gasteiger partial charge in [-0.3, -0.25) is 14.4 Å². The molecule has 0 aliphatic carbocycles. The van der Waals surface area contributed by atoms with E-state index >= 15 is 0 Å². The van der Waals surface area contributed by atoms with Crippen molar-refractivity contribution < 1.29 is 14.4 Å². The van der Waals surface area contributed by atoms with Crippen molar-refractivity contribution in [1.82, 2.24) is 4.90 Å². The van der Waals surface area contributed by atoms with Crippen molar-refractivity contribution in [2.75, 3.05) is 30.4 Å². The van der Waals surface area contributed by atoms with E-state index in [0.717, 1.165) is 12.1 Å². The zero-order valence-corrected chi connectivity index (χ0v) is 16.8. The second-order valence-electron chi connectivity index (χ2n) is 6.53. The summed E-state index contributed by atoms with van der Waals surface area (Å²) in [6.45, 7) is 0.576. The SMILES string of the molecule is CN(CC(=O)Nc1ccc(Cl)c(Cl)c1)C(=O)c1ccc(N2CCCC2=O)cc1. The van der Waals surface area contributed by atoms with Crippen LogP contribution in [-0.2, 0) is 9.59 Å². The molecular weight excluding hydrogens is 401 g/mol. The van der Waals surface area contributed by atoms with Gasteiger partial charge in [-0.25, -0.2) is 0 Å². The number of hydrogen-bond acceptors (Lipinski definition) is 3. The van der Waals surface area contributed by atoms with Gasteiger partial charge in [-0.2, -0.15) is 0 Å². The van der Waals surface area contributed by atoms with Crippen molar-refractivity contribution in [3.63, 3.8) is 0 Å². The lowest BCUT2D eigenvalue weighted by Crippen LogP contribution is -2.35. The highest BCUT2D eigenvalue weighted by Gasteiger charge is 2.22. The molecular formula is C20H19Cl2N3O3. The van der Waals surface area contributed by atoms with Gasteiger partial charge in [0.1, 0.15) is 0 Å². The Labute approximate surface area is 173 Å². The fraction of sp³-hybridized carbons (Fsp3) is 0.250. The molecule has 0 radical (unpaired) electrons. The summed E-state index contributed by atoms with van der Waals surface area (Å²) in [6, 6.07) is 11.6. The van der Waals surface area contributed by atoms with Gasteiger partial charge in [0.05, 0.1) is 16.6 Å². The number of amides is 3. The molecule has 1 heterocycles. The van der Waals surface area contributed by atoms with E-state index < -0.39 is 0 Å². The highest BCUT2D eigenvalue weighted by Crippen LogP contribution is 2.25. The average molecular weight is 420 g/mol. The van der Waals surface area contributed by atoms with Crippen LogP contribution in [0.2, 0.25) is 10.0 Å².